The summed E-state index contributed by atoms with van der Waals surface area (Å²) in [6.45, 7) is 3.79. The van der Waals surface area contributed by atoms with Crippen molar-refractivity contribution in [1.82, 2.24) is 5.32 Å². The van der Waals surface area contributed by atoms with Crippen molar-refractivity contribution >= 4 is 35.8 Å². The number of aliphatic carboxylic acids is 1. The van der Waals surface area contributed by atoms with Crippen molar-refractivity contribution in [2.45, 2.75) is 70.8 Å². The van der Waals surface area contributed by atoms with Crippen LogP contribution in [0.5, 0.6) is 0 Å². The second kappa shape index (κ2) is 12.0. The minimum Gasteiger partial charge on any atom is -0.480 e. The molecular formula is C18H26N2O12. The molecule has 0 aromatic rings. The average Bonchev–Trinajstić information content (AvgIpc) is 2.63. The summed E-state index contributed by atoms with van der Waals surface area (Å²) in [5.74, 6) is -5.51. The molecule has 0 bridgehead atoms. The van der Waals surface area contributed by atoms with Crippen molar-refractivity contribution in [2.24, 2.45) is 5.73 Å². The number of hydrogen-bond donors (Lipinski definition) is 3. The van der Waals surface area contributed by atoms with E-state index < -0.39 is 85.5 Å². The van der Waals surface area contributed by atoms with Gasteiger partial charge in [-0.1, -0.05) is 0 Å². The number of carbonyl (C=O) groups is 6. The van der Waals surface area contributed by atoms with Crippen LogP contribution in [0.1, 0.15) is 34.1 Å². The Morgan fingerprint density at radius 3 is 1.84 bits per heavy atom. The lowest BCUT2D eigenvalue weighted by Gasteiger charge is -2.44. The molecule has 1 heterocycles. The van der Waals surface area contributed by atoms with Gasteiger partial charge in [0.05, 0.1) is 6.42 Å². The largest absolute Gasteiger partial charge is 0.480 e. The van der Waals surface area contributed by atoms with Gasteiger partial charge in [-0.05, 0) is 0 Å². The lowest BCUT2D eigenvalue weighted by atomic mass is 9.97. The maximum atomic E-state index is 12.3. The SMILES string of the molecule is CC(=O)OC[C@H]1O[C@H](NC(=O)C[C@H](N)C(=O)O)[C@H](OC(C)=O)[C@@H](OC(C)=O)[C@@H]1OC(C)=O. The molecule has 4 N–H and O–H groups in total. The molecule has 14 nitrogen and oxygen atoms in total. The van der Waals surface area contributed by atoms with Crippen molar-refractivity contribution in [1.29, 1.82) is 0 Å². The first-order valence-corrected chi connectivity index (χ1v) is 9.40. The van der Waals surface area contributed by atoms with Crippen LogP contribution in [0.15, 0.2) is 0 Å². The normalized spacial score (nSPS) is 25.6. The molecular weight excluding hydrogens is 436 g/mol. The first-order valence-electron chi connectivity index (χ1n) is 9.40. The lowest BCUT2D eigenvalue weighted by molar-refractivity contribution is -0.257. The van der Waals surface area contributed by atoms with Gasteiger partial charge < -0.3 is 39.8 Å². The molecule has 1 fully saturated rings. The molecule has 0 aromatic carbocycles. The van der Waals surface area contributed by atoms with E-state index >= 15 is 0 Å². The molecule has 1 rings (SSSR count). The molecule has 0 unspecified atom stereocenters. The first-order chi connectivity index (χ1) is 14.8. The Bertz CT molecular complexity index is 754. The highest BCUT2D eigenvalue weighted by Gasteiger charge is 2.52. The minimum absolute atomic E-state index is 0.473. The number of nitrogens with one attached hydrogen (secondary N) is 1. The Labute approximate surface area is 182 Å². The van der Waals surface area contributed by atoms with Crippen molar-refractivity contribution in [3.05, 3.63) is 0 Å². The third kappa shape index (κ3) is 8.47. The smallest absolute Gasteiger partial charge is 0.321 e. The predicted molar refractivity (Wildman–Crippen MR) is 100 cm³/mol. The third-order valence-corrected chi connectivity index (χ3v) is 4.02. The second-order valence-electron chi connectivity index (χ2n) is 6.84. The Balaban J connectivity index is 3.30. The quantitative estimate of drug-likeness (QED) is 0.250. The van der Waals surface area contributed by atoms with E-state index in [-0.39, 0.29) is 0 Å². The van der Waals surface area contributed by atoms with Gasteiger partial charge in [0.15, 0.2) is 24.5 Å². The molecule has 1 aliphatic rings. The zero-order chi connectivity index (χ0) is 24.6. The van der Waals surface area contributed by atoms with E-state index in [1.165, 1.54) is 0 Å². The van der Waals surface area contributed by atoms with Crippen LogP contribution in [0.3, 0.4) is 0 Å². The zero-order valence-corrected chi connectivity index (χ0v) is 17.9. The molecule has 0 spiro atoms. The van der Waals surface area contributed by atoms with Crippen molar-refractivity contribution in [3.63, 3.8) is 0 Å². The van der Waals surface area contributed by atoms with E-state index in [1.807, 2.05) is 0 Å². The number of ether oxygens (including phenoxy) is 5. The van der Waals surface area contributed by atoms with Crippen LogP contribution in [-0.2, 0) is 52.5 Å². The van der Waals surface area contributed by atoms with Crippen LogP contribution >= 0.6 is 0 Å². The van der Waals surface area contributed by atoms with Gasteiger partial charge in [-0.3, -0.25) is 28.8 Å². The van der Waals surface area contributed by atoms with E-state index in [4.69, 9.17) is 34.5 Å². The molecule has 0 saturated carbocycles. The maximum Gasteiger partial charge on any atom is 0.321 e. The van der Waals surface area contributed by atoms with Gasteiger partial charge in [0.1, 0.15) is 18.8 Å². The highest BCUT2D eigenvalue weighted by Crippen LogP contribution is 2.28. The third-order valence-electron chi connectivity index (χ3n) is 4.02. The summed E-state index contributed by atoms with van der Waals surface area (Å²) in [6, 6.07) is -1.53. The summed E-state index contributed by atoms with van der Waals surface area (Å²) in [6.07, 6.45) is -7.74. The summed E-state index contributed by atoms with van der Waals surface area (Å²) in [7, 11) is 0. The van der Waals surface area contributed by atoms with Crippen LogP contribution < -0.4 is 11.1 Å². The molecule has 6 atom stereocenters. The van der Waals surface area contributed by atoms with Gasteiger partial charge in [-0.15, -0.1) is 0 Å². The number of hydrogen-bond acceptors (Lipinski definition) is 12. The average molecular weight is 462 g/mol. The molecule has 1 saturated heterocycles. The fourth-order valence-corrected chi connectivity index (χ4v) is 2.85. The molecule has 1 amide bonds. The van der Waals surface area contributed by atoms with Gasteiger partial charge >= 0.3 is 29.8 Å². The number of carbonyl (C=O) groups excluding carboxylic acids is 5. The van der Waals surface area contributed by atoms with Crippen molar-refractivity contribution in [2.75, 3.05) is 6.61 Å². The number of carboxylic acids is 1. The highest BCUT2D eigenvalue weighted by atomic mass is 16.7. The molecule has 1 aliphatic heterocycles. The Hall–Kier alpha value is -3.26. The van der Waals surface area contributed by atoms with Crippen molar-refractivity contribution in [3.8, 4) is 0 Å². The highest BCUT2D eigenvalue weighted by molar-refractivity contribution is 5.84. The second-order valence-corrected chi connectivity index (χ2v) is 6.84. The monoisotopic (exact) mass is 462 g/mol. The maximum absolute atomic E-state index is 12.3. The van der Waals surface area contributed by atoms with Crippen LogP contribution in [0.2, 0.25) is 0 Å². The van der Waals surface area contributed by atoms with E-state index in [9.17, 15) is 28.8 Å². The van der Waals surface area contributed by atoms with Crippen molar-refractivity contribution < 1.29 is 57.6 Å². The van der Waals surface area contributed by atoms with Gasteiger partial charge in [0.2, 0.25) is 5.91 Å². The number of amides is 1. The van der Waals surface area contributed by atoms with Crippen LogP contribution in [0, 0.1) is 0 Å². The van der Waals surface area contributed by atoms with Crippen LogP contribution in [-0.4, -0.2) is 84.2 Å². The Kier molecular flexibility index (Phi) is 10.00. The van der Waals surface area contributed by atoms with Crippen LogP contribution in [0.25, 0.3) is 0 Å². The fraction of sp³-hybridized carbons (Fsp3) is 0.667. The van der Waals surface area contributed by atoms with E-state index in [0.29, 0.717) is 0 Å². The summed E-state index contributed by atoms with van der Waals surface area (Å²) in [5.41, 5.74) is 5.35. The van der Waals surface area contributed by atoms with Gasteiger partial charge in [-0.2, -0.15) is 0 Å². The number of rotatable bonds is 9. The number of esters is 4. The number of nitrogens with two attached hydrogens (primary N) is 1. The number of carboxylic acid groups (broad SMARTS) is 1. The zero-order valence-electron chi connectivity index (χ0n) is 17.9. The molecule has 180 valence electrons. The Morgan fingerprint density at radius 2 is 1.38 bits per heavy atom. The molecule has 14 heteroatoms. The van der Waals surface area contributed by atoms with E-state index in [1.54, 1.807) is 0 Å². The summed E-state index contributed by atoms with van der Waals surface area (Å²) in [5, 5.41) is 11.2. The summed E-state index contributed by atoms with van der Waals surface area (Å²) < 4.78 is 26.1. The van der Waals surface area contributed by atoms with Gasteiger partial charge in [-0.25, -0.2) is 0 Å². The fourth-order valence-electron chi connectivity index (χ4n) is 2.85. The first kappa shape index (κ1) is 26.8. The van der Waals surface area contributed by atoms with Crippen LogP contribution in [0.4, 0.5) is 0 Å². The van der Waals surface area contributed by atoms with Gasteiger partial charge in [0, 0.05) is 27.7 Å². The van der Waals surface area contributed by atoms with E-state index in [0.717, 1.165) is 27.7 Å². The molecule has 0 radical (unpaired) electrons. The summed E-state index contributed by atoms with van der Waals surface area (Å²) >= 11 is 0. The minimum atomic E-state index is -1.53. The standard InChI is InChI=1S/C18H26N2O12/c1-7(21)28-6-12-14(29-8(2)22)15(30-9(3)23)16(31-10(4)24)17(32-12)20-13(25)5-11(19)18(26)27/h11-12,14-17H,5-6,19H2,1-4H3,(H,20,25)(H,26,27)/t11-,12+,14+,15-,16+,17-/m0/s1. The molecule has 32 heavy (non-hydrogen) atoms. The predicted octanol–water partition coefficient (Wildman–Crippen LogP) is -2.01. The van der Waals surface area contributed by atoms with E-state index in [2.05, 4.69) is 5.32 Å². The molecule has 0 aromatic heterocycles. The topological polar surface area (TPSA) is 207 Å². The van der Waals surface area contributed by atoms with Gasteiger partial charge in [0.25, 0.3) is 0 Å². The Morgan fingerprint density at radius 1 is 0.875 bits per heavy atom. The molecule has 0 aliphatic carbocycles. The summed E-state index contributed by atoms with van der Waals surface area (Å²) in [4.78, 5) is 69.4. The lowest BCUT2D eigenvalue weighted by Crippen LogP contribution is -2.66.